The molecule has 0 radical (unpaired) electrons. The molecular weight excluding hydrogens is 367 g/mol. The molecule has 7 heteroatoms. The number of rotatable bonds is 5. The van der Waals surface area contributed by atoms with E-state index >= 15 is 0 Å². The lowest BCUT2D eigenvalue weighted by atomic mass is 10.2. The topological polar surface area (TPSA) is 61.4 Å². The van der Waals surface area contributed by atoms with Crippen LogP contribution in [0.1, 0.15) is 11.1 Å². The number of halogens is 2. The Kier molecular flexibility index (Phi) is 6.61. The van der Waals surface area contributed by atoms with Crippen molar-refractivity contribution >= 4 is 58.3 Å². The molecule has 0 spiro atoms. The van der Waals surface area contributed by atoms with Gasteiger partial charge in [0, 0.05) is 12.6 Å². The predicted molar refractivity (Wildman–Crippen MR) is 103 cm³/mol. The third-order valence-corrected chi connectivity index (χ3v) is 4.06. The fourth-order valence-electron chi connectivity index (χ4n) is 1.91. The maximum absolute atomic E-state index is 10.6. The number of benzene rings is 2. The summed E-state index contributed by atoms with van der Waals surface area (Å²) in [5.41, 5.74) is 2.18. The van der Waals surface area contributed by atoms with Crippen LogP contribution in [0.3, 0.4) is 0 Å². The fraction of sp³-hybridized carbons (Fsp3) is 0.0588. The summed E-state index contributed by atoms with van der Waals surface area (Å²) < 4.78 is 0. The van der Waals surface area contributed by atoms with Crippen molar-refractivity contribution in [1.82, 2.24) is 5.32 Å². The number of nitrogens with one attached hydrogen (secondary N) is 2. The summed E-state index contributed by atoms with van der Waals surface area (Å²) in [7, 11) is 0. The van der Waals surface area contributed by atoms with Crippen LogP contribution in [0.5, 0.6) is 0 Å². The average Bonchev–Trinajstić information content (AvgIpc) is 2.56. The van der Waals surface area contributed by atoms with E-state index in [9.17, 15) is 4.79 Å². The van der Waals surface area contributed by atoms with Crippen LogP contribution in [0.4, 0.5) is 5.69 Å². The number of thiocarbonyl (C=S) groups is 1. The Morgan fingerprint density at radius 1 is 1.21 bits per heavy atom. The van der Waals surface area contributed by atoms with Gasteiger partial charge in [-0.1, -0.05) is 53.5 Å². The van der Waals surface area contributed by atoms with Gasteiger partial charge in [0.05, 0.1) is 15.7 Å². The molecule has 0 saturated carbocycles. The van der Waals surface area contributed by atoms with E-state index in [4.69, 9.17) is 40.5 Å². The third-order valence-electron chi connectivity index (χ3n) is 3.01. The highest BCUT2D eigenvalue weighted by Crippen LogP contribution is 2.32. The number of hydrogen-bond donors (Lipinski definition) is 3. The second-order valence-electron chi connectivity index (χ2n) is 4.83. The summed E-state index contributed by atoms with van der Waals surface area (Å²) in [5, 5.41) is 15.7. The Morgan fingerprint density at radius 2 is 1.92 bits per heavy atom. The van der Waals surface area contributed by atoms with Gasteiger partial charge in [-0.25, -0.2) is 4.79 Å². The van der Waals surface area contributed by atoms with Gasteiger partial charge in [0.2, 0.25) is 0 Å². The van der Waals surface area contributed by atoms with Crippen molar-refractivity contribution < 1.29 is 9.90 Å². The molecule has 0 heterocycles. The summed E-state index contributed by atoms with van der Waals surface area (Å²) in [6, 6.07) is 13.1. The molecular formula is C17H14Cl2N2O2S. The van der Waals surface area contributed by atoms with Crippen LogP contribution in [-0.2, 0) is 11.3 Å². The maximum atomic E-state index is 10.6. The maximum Gasteiger partial charge on any atom is 0.328 e. The lowest BCUT2D eigenvalue weighted by Crippen LogP contribution is -2.28. The molecule has 0 bridgehead atoms. The molecule has 3 N–H and O–H groups in total. The summed E-state index contributed by atoms with van der Waals surface area (Å²) in [6.07, 6.45) is 2.45. The summed E-state index contributed by atoms with van der Waals surface area (Å²) in [4.78, 5) is 10.6. The Labute approximate surface area is 155 Å². The molecule has 2 aromatic rings. The molecule has 0 saturated heterocycles. The first-order chi connectivity index (χ1) is 11.5. The molecule has 0 fully saturated rings. The molecule has 2 rings (SSSR count). The van der Waals surface area contributed by atoms with Crippen LogP contribution in [0.2, 0.25) is 10.0 Å². The minimum absolute atomic E-state index is 0.303. The van der Waals surface area contributed by atoms with Crippen molar-refractivity contribution in [3.05, 3.63) is 69.7 Å². The van der Waals surface area contributed by atoms with Crippen LogP contribution in [0.15, 0.2) is 48.5 Å². The summed E-state index contributed by atoms with van der Waals surface area (Å²) >= 11 is 17.5. The zero-order valence-electron chi connectivity index (χ0n) is 12.4. The van der Waals surface area contributed by atoms with Gasteiger partial charge in [0.15, 0.2) is 5.11 Å². The average molecular weight is 381 g/mol. The number of hydrogen-bond acceptors (Lipinski definition) is 2. The minimum Gasteiger partial charge on any atom is -0.478 e. The predicted octanol–water partition coefficient (Wildman–Crippen LogP) is 4.58. The first-order valence-corrected chi connectivity index (χ1v) is 8.11. The van der Waals surface area contributed by atoms with E-state index in [2.05, 4.69) is 10.6 Å². The lowest BCUT2D eigenvalue weighted by Gasteiger charge is -2.13. The highest BCUT2D eigenvalue weighted by atomic mass is 35.5. The van der Waals surface area contributed by atoms with Gasteiger partial charge >= 0.3 is 5.97 Å². The van der Waals surface area contributed by atoms with Crippen molar-refractivity contribution in [3.63, 3.8) is 0 Å². The van der Waals surface area contributed by atoms with Gasteiger partial charge in [-0.2, -0.15) is 0 Å². The number of anilines is 1. The van der Waals surface area contributed by atoms with Crippen molar-refractivity contribution in [2.24, 2.45) is 0 Å². The molecule has 2 aromatic carbocycles. The van der Waals surface area contributed by atoms with Crippen molar-refractivity contribution in [1.29, 1.82) is 0 Å². The van der Waals surface area contributed by atoms with E-state index in [1.165, 1.54) is 6.08 Å². The molecule has 0 aliphatic carbocycles. The fourth-order valence-corrected chi connectivity index (χ4v) is 2.48. The van der Waals surface area contributed by atoms with Gasteiger partial charge in [0.25, 0.3) is 0 Å². The Bertz CT molecular complexity index is 780. The zero-order valence-corrected chi connectivity index (χ0v) is 14.8. The molecule has 24 heavy (non-hydrogen) atoms. The second-order valence-corrected chi connectivity index (χ2v) is 6.02. The summed E-state index contributed by atoms with van der Waals surface area (Å²) in [5.74, 6) is -1.05. The third kappa shape index (κ3) is 5.53. The monoisotopic (exact) mass is 380 g/mol. The zero-order chi connectivity index (χ0) is 17.5. The molecule has 124 valence electrons. The largest absolute Gasteiger partial charge is 0.478 e. The van der Waals surface area contributed by atoms with Crippen LogP contribution in [-0.4, -0.2) is 16.2 Å². The molecule has 0 atom stereocenters. The first-order valence-electron chi connectivity index (χ1n) is 6.94. The van der Waals surface area contributed by atoms with Gasteiger partial charge in [-0.3, -0.25) is 0 Å². The lowest BCUT2D eigenvalue weighted by molar-refractivity contribution is -0.131. The van der Waals surface area contributed by atoms with E-state index in [1.54, 1.807) is 12.1 Å². The van der Waals surface area contributed by atoms with E-state index in [0.717, 1.165) is 11.6 Å². The summed E-state index contributed by atoms with van der Waals surface area (Å²) in [6.45, 7) is 0.566. The van der Waals surface area contributed by atoms with E-state index < -0.39 is 5.97 Å². The van der Waals surface area contributed by atoms with Gasteiger partial charge < -0.3 is 15.7 Å². The molecule has 0 aromatic heterocycles. The van der Waals surface area contributed by atoms with Crippen LogP contribution in [0, 0.1) is 0 Å². The SMILES string of the molecule is O=C(O)/C=C/c1cc(Cl)c(Cl)c(NC(=S)NCc2ccccc2)c1. The Balaban J connectivity index is 2.07. The minimum atomic E-state index is -1.05. The van der Waals surface area contributed by atoms with Gasteiger partial charge in [-0.15, -0.1) is 0 Å². The Hall–Kier alpha value is -2.08. The Morgan fingerprint density at radius 3 is 2.58 bits per heavy atom. The van der Waals surface area contributed by atoms with E-state index in [1.807, 2.05) is 30.3 Å². The second kappa shape index (κ2) is 8.68. The normalized spacial score (nSPS) is 10.6. The van der Waals surface area contributed by atoms with Gasteiger partial charge in [0.1, 0.15) is 0 Å². The first kappa shape index (κ1) is 18.3. The van der Waals surface area contributed by atoms with Crippen molar-refractivity contribution in [2.75, 3.05) is 5.32 Å². The van der Waals surface area contributed by atoms with Crippen molar-refractivity contribution in [2.45, 2.75) is 6.54 Å². The number of carboxylic acids is 1. The van der Waals surface area contributed by atoms with Gasteiger partial charge in [-0.05, 0) is 41.6 Å². The standard InChI is InChI=1S/C17H14Cl2N2O2S/c18-13-8-12(6-7-15(22)23)9-14(16(13)19)21-17(24)20-10-11-4-2-1-3-5-11/h1-9H,10H2,(H,22,23)(H2,20,21,24)/b7-6+. The number of carboxylic acid groups (broad SMARTS) is 1. The van der Waals surface area contributed by atoms with Crippen LogP contribution in [0.25, 0.3) is 6.08 Å². The van der Waals surface area contributed by atoms with Crippen LogP contribution >= 0.6 is 35.4 Å². The molecule has 0 amide bonds. The number of carbonyl (C=O) groups is 1. The van der Waals surface area contributed by atoms with Crippen LogP contribution < -0.4 is 10.6 Å². The quantitative estimate of drug-likeness (QED) is 0.523. The van der Waals surface area contributed by atoms with E-state index in [-0.39, 0.29) is 0 Å². The molecule has 4 nitrogen and oxygen atoms in total. The molecule has 0 unspecified atom stereocenters. The molecule has 0 aliphatic rings. The highest BCUT2D eigenvalue weighted by Gasteiger charge is 2.08. The smallest absolute Gasteiger partial charge is 0.328 e. The number of aliphatic carboxylic acids is 1. The highest BCUT2D eigenvalue weighted by molar-refractivity contribution is 7.80. The van der Waals surface area contributed by atoms with Crippen molar-refractivity contribution in [3.8, 4) is 0 Å². The van der Waals surface area contributed by atoms with E-state index in [0.29, 0.717) is 33.0 Å². The molecule has 0 aliphatic heterocycles.